The normalized spacial score (nSPS) is 14.5. The smallest absolute Gasteiger partial charge is 0.277 e. The van der Waals surface area contributed by atoms with Crippen LogP contribution in [-0.2, 0) is 24.5 Å². The molecule has 0 aliphatic heterocycles. The highest BCUT2D eigenvalue weighted by Crippen LogP contribution is 2.09. The quantitative estimate of drug-likeness (QED) is 0.352. The average Bonchev–Trinajstić information content (AvgIpc) is 2.41. The van der Waals surface area contributed by atoms with Gasteiger partial charge in [-0.25, -0.2) is 0 Å². The van der Waals surface area contributed by atoms with Crippen LogP contribution in [0.2, 0.25) is 0 Å². The van der Waals surface area contributed by atoms with E-state index in [0.29, 0.717) is 0 Å². The predicted octanol–water partition coefficient (Wildman–Crippen LogP) is 0.355. The molecular weight excluding hydrogens is 324 g/mol. The van der Waals surface area contributed by atoms with Crippen LogP contribution in [0.15, 0.2) is 12.2 Å². The van der Waals surface area contributed by atoms with E-state index in [9.17, 15) is 27.4 Å². The minimum atomic E-state index is -4.66. The average molecular weight is 348 g/mol. The first-order valence-electron chi connectivity index (χ1n) is 7.19. The third-order valence-electron chi connectivity index (χ3n) is 3.37. The number of nitrogens with one attached hydrogen (secondary N) is 1. The second-order valence-electron chi connectivity index (χ2n) is 5.47. The Hall–Kier alpha value is -1.74. The summed E-state index contributed by atoms with van der Waals surface area (Å²) in [6.45, 7) is 6.68. The van der Waals surface area contributed by atoms with E-state index in [0.717, 1.165) is 11.0 Å². The fourth-order valence-electron chi connectivity index (χ4n) is 1.61. The molecule has 0 rings (SSSR count). The van der Waals surface area contributed by atoms with Crippen LogP contribution in [0.3, 0.4) is 0 Å². The van der Waals surface area contributed by atoms with Crippen LogP contribution in [0, 0.1) is 5.92 Å². The number of hydrogen-bond acceptors (Lipinski definition) is 5. The molecule has 2 N–H and O–H groups in total. The molecule has 8 nitrogen and oxygen atoms in total. The van der Waals surface area contributed by atoms with E-state index in [-0.39, 0.29) is 24.9 Å². The van der Waals surface area contributed by atoms with Crippen molar-refractivity contribution in [1.82, 2.24) is 10.2 Å². The van der Waals surface area contributed by atoms with E-state index in [2.05, 4.69) is 5.32 Å². The lowest BCUT2D eigenvalue weighted by atomic mass is 10.1. The van der Waals surface area contributed by atoms with E-state index < -0.39 is 33.6 Å². The van der Waals surface area contributed by atoms with Crippen molar-refractivity contribution in [3.05, 3.63) is 12.2 Å². The highest BCUT2D eigenvalue weighted by molar-refractivity contribution is 7.87. The highest BCUT2D eigenvalue weighted by atomic mass is 32.2. The van der Waals surface area contributed by atoms with Crippen molar-refractivity contribution >= 4 is 28.3 Å². The number of amides is 3. The largest absolute Gasteiger partial charge is 0.352 e. The van der Waals surface area contributed by atoms with Gasteiger partial charge in [0.1, 0.15) is 0 Å². The molecule has 0 aromatic carbocycles. The molecule has 0 aromatic rings. The summed E-state index contributed by atoms with van der Waals surface area (Å²) in [4.78, 5) is 35.2. The fourth-order valence-corrected chi connectivity index (χ4v) is 2.35. The summed E-state index contributed by atoms with van der Waals surface area (Å²) in [5.74, 6) is -1.42. The number of nitrogens with zero attached hydrogens (tertiary/aromatic N) is 1. The zero-order valence-electron chi connectivity index (χ0n) is 13.7. The molecule has 0 aliphatic carbocycles. The van der Waals surface area contributed by atoms with Gasteiger partial charge in [0.05, 0.1) is 0 Å². The van der Waals surface area contributed by atoms with Gasteiger partial charge >= 0.3 is 0 Å². The number of carbonyl (C=O) groups excluding carboxylic acids is 3. The maximum Gasteiger partial charge on any atom is 0.277 e. The Balaban J connectivity index is 5.05. The van der Waals surface area contributed by atoms with Crippen molar-refractivity contribution in [3.63, 3.8) is 0 Å². The predicted molar refractivity (Wildman–Crippen MR) is 85.0 cm³/mol. The summed E-state index contributed by atoms with van der Waals surface area (Å²) in [6, 6.07) is -0.293. The first-order valence-corrected chi connectivity index (χ1v) is 8.70. The molecule has 0 aromatic heterocycles. The molecular formula is C14H24N2O6S. The Bertz CT molecular complexity index is 556. The van der Waals surface area contributed by atoms with Crippen LogP contribution in [-0.4, -0.2) is 53.9 Å². The minimum Gasteiger partial charge on any atom is -0.352 e. The van der Waals surface area contributed by atoms with E-state index in [1.165, 1.54) is 6.08 Å². The number of hydrogen-bond donors (Lipinski definition) is 2. The lowest BCUT2D eigenvalue weighted by Gasteiger charge is -2.22. The summed E-state index contributed by atoms with van der Waals surface area (Å²) < 4.78 is 32.1. The molecule has 0 saturated heterocycles. The highest BCUT2D eigenvalue weighted by Gasteiger charge is 2.32. The Morgan fingerprint density at radius 1 is 1.26 bits per heavy atom. The molecule has 0 radical (unpaired) electrons. The lowest BCUT2D eigenvalue weighted by Crippen LogP contribution is -2.46. The van der Waals surface area contributed by atoms with Gasteiger partial charge in [-0.05, 0) is 32.3 Å². The minimum absolute atomic E-state index is 0.0729. The SMILES string of the molecule is C/C=C\C(=O)N(C=O)CCC(C(=O)NC(C)C(C)C)S(=O)(=O)O. The molecule has 0 fully saturated rings. The second kappa shape index (κ2) is 9.41. The van der Waals surface area contributed by atoms with Crippen molar-refractivity contribution in [1.29, 1.82) is 0 Å². The summed E-state index contributed by atoms with van der Waals surface area (Å²) in [7, 11) is -4.66. The van der Waals surface area contributed by atoms with Crippen LogP contribution in [0.1, 0.15) is 34.1 Å². The number of allylic oxidation sites excluding steroid dienone is 1. The van der Waals surface area contributed by atoms with E-state index >= 15 is 0 Å². The molecule has 2 unspecified atom stereocenters. The lowest BCUT2D eigenvalue weighted by molar-refractivity contribution is -0.135. The Morgan fingerprint density at radius 2 is 1.83 bits per heavy atom. The molecule has 23 heavy (non-hydrogen) atoms. The number of rotatable bonds is 9. The molecule has 0 bridgehead atoms. The number of carbonyl (C=O) groups is 3. The van der Waals surface area contributed by atoms with Gasteiger partial charge in [0.2, 0.25) is 12.3 Å². The van der Waals surface area contributed by atoms with Gasteiger partial charge in [-0.1, -0.05) is 19.9 Å². The second-order valence-corrected chi connectivity index (χ2v) is 7.07. The van der Waals surface area contributed by atoms with Crippen LogP contribution in [0.25, 0.3) is 0 Å². The van der Waals surface area contributed by atoms with Crippen molar-refractivity contribution in [2.75, 3.05) is 6.54 Å². The first-order chi connectivity index (χ1) is 10.5. The first kappa shape index (κ1) is 21.3. The number of imide groups is 1. The Kier molecular flexibility index (Phi) is 8.70. The standard InChI is InChI=1S/C14H24N2O6S/c1-5-6-13(18)16(9-17)8-7-12(23(20,21)22)14(19)15-11(4)10(2)3/h5-6,9-12H,7-8H2,1-4H3,(H,15,19)(H,20,21,22)/b6-5-. The van der Waals surface area contributed by atoms with Crippen LogP contribution in [0.5, 0.6) is 0 Å². The zero-order chi connectivity index (χ0) is 18.2. The van der Waals surface area contributed by atoms with Gasteiger partial charge in [-0.3, -0.25) is 23.8 Å². The van der Waals surface area contributed by atoms with Crippen LogP contribution >= 0.6 is 0 Å². The third kappa shape index (κ3) is 7.38. The van der Waals surface area contributed by atoms with Gasteiger partial charge in [0.25, 0.3) is 16.0 Å². The van der Waals surface area contributed by atoms with Crippen molar-refractivity contribution in [3.8, 4) is 0 Å². The van der Waals surface area contributed by atoms with Crippen molar-refractivity contribution < 1.29 is 27.4 Å². The topological polar surface area (TPSA) is 121 Å². The Morgan fingerprint density at radius 3 is 2.22 bits per heavy atom. The fraction of sp³-hybridized carbons (Fsp3) is 0.643. The summed E-state index contributed by atoms with van der Waals surface area (Å²) in [5.41, 5.74) is 0. The van der Waals surface area contributed by atoms with Crippen LogP contribution < -0.4 is 5.32 Å². The molecule has 0 heterocycles. The van der Waals surface area contributed by atoms with E-state index in [1.54, 1.807) is 13.8 Å². The zero-order valence-corrected chi connectivity index (χ0v) is 14.5. The maximum absolute atomic E-state index is 12.0. The monoisotopic (exact) mass is 348 g/mol. The van der Waals surface area contributed by atoms with E-state index in [1.807, 2.05) is 13.8 Å². The van der Waals surface area contributed by atoms with Crippen LogP contribution in [0.4, 0.5) is 0 Å². The van der Waals surface area contributed by atoms with Gasteiger partial charge in [-0.2, -0.15) is 8.42 Å². The maximum atomic E-state index is 12.0. The third-order valence-corrected chi connectivity index (χ3v) is 4.54. The summed E-state index contributed by atoms with van der Waals surface area (Å²) >= 11 is 0. The Labute approximate surface area is 136 Å². The van der Waals surface area contributed by atoms with E-state index in [4.69, 9.17) is 0 Å². The molecule has 2 atom stereocenters. The molecule has 0 aliphatic rings. The molecule has 0 saturated carbocycles. The van der Waals surface area contributed by atoms with Gasteiger partial charge in [0.15, 0.2) is 5.25 Å². The molecule has 132 valence electrons. The summed E-state index contributed by atoms with van der Waals surface area (Å²) in [5, 5.41) is 0.752. The van der Waals surface area contributed by atoms with Crippen molar-refractivity contribution in [2.24, 2.45) is 5.92 Å². The summed E-state index contributed by atoms with van der Waals surface area (Å²) in [6.07, 6.45) is 2.42. The molecule has 3 amide bonds. The van der Waals surface area contributed by atoms with Crippen molar-refractivity contribution in [2.45, 2.75) is 45.4 Å². The van der Waals surface area contributed by atoms with Gasteiger partial charge < -0.3 is 5.32 Å². The molecule has 0 spiro atoms. The van der Waals surface area contributed by atoms with Gasteiger partial charge in [0, 0.05) is 12.6 Å². The van der Waals surface area contributed by atoms with Gasteiger partial charge in [-0.15, -0.1) is 0 Å². The molecule has 9 heteroatoms.